The van der Waals surface area contributed by atoms with E-state index in [4.69, 9.17) is 5.73 Å². The number of hydrogen-bond donors (Lipinski definition) is 1. The molecule has 1 aliphatic rings. The first-order chi connectivity index (χ1) is 6.89. The summed E-state index contributed by atoms with van der Waals surface area (Å²) in [5.74, 6) is -0.384. The molecular weight excluding hydrogens is 190 g/mol. The highest BCUT2D eigenvalue weighted by Crippen LogP contribution is 2.36. The SMILES string of the molecule is CC(C)(C)c1cc(C(N)=O)n(C2CC2)n1. The highest BCUT2D eigenvalue weighted by molar-refractivity contribution is 5.91. The molecule has 0 aromatic carbocycles. The second kappa shape index (κ2) is 3.08. The van der Waals surface area contributed by atoms with Gasteiger partial charge in [-0.3, -0.25) is 9.48 Å². The number of nitrogens with zero attached hydrogens (tertiary/aromatic N) is 2. The van der Waals surface area contributed by atoms with Gasteiger partial charge < -0.3 is 5.73 Å². The van der Waals surface area contributed by atoms with Crippen LogP contribution in [0.5, 0.6) is 0 Å². The zero-order valence-electron chi connectivity index (χ0n) is 9.45. The normalized spacial score (nSPS) is 16.7. The highest BCUT2D eigenvalue weighted by atomic mass is 16.1. The van der Waals surface area contributed by atoms with Crippen molar-refractivity contribution in [2.75, 3.05) is 0 Å². The third kappa shape index (κ3) is 1.89. The van der Waals surface area contributed by atoms with E-state index in [0.29, 0.717) is 11.7 Å². The number of hydrogen-bond acceptors (Lipinski definition) is 2. The Morgan fingerprint density at radius 1 is 1.53 bits per heavy atom. The molecule has 1 fully saturated rings. The lowest BCUT2D eigenvalue weighted by Crippen LogP contribution is -2.17. The molecule has 0 spiro atoms. The van der Waals surface area contributed by atoms with Gasteiger partial charge in [-0.2, -0.15) is 5.10 Å². The minimum absolute atomic E-state index is 0.0374. The molecule has 4 heteroatoms. The van der Waals surface area contributed by atoms with Crippen LogP contribution in [0, 0.1) is 0 Å². The number of primary amides is 1. The Balaban J connectivity index is 2.44. The van der Waals surface area contributed by atoms with E-state index in [1.54, 1.807) is 4.68 Å². The third-order valence-electron chi connectivity index (χ3n) is 2.65. The molecule has 1 saturated carbocycles. The van der Waals surface area contributed by atoms with Crippen molar-refractivity contribution < 1.29 is 4.79 Å². The Hall–Kier alpha value is -1.32. The Morgan fingerprint density at radius 2 is 2.13 bits per heavy atom. The summed E-state index contributed by atoms with van der Waals surface area (Å²) in [7, 11) is 0. The van der Waals surface area contributed by atoms with Crippen molar-refractivity contribution >= 4 is 5.91 Å². The maximum absolute atomic E-state index is 11.3. The first kappa shape index (κ1) is 10.2. The number of aromatic nitrogens is 2. The molecule has 1 heterocycles. The summed E-state index contributed by atoms with van der Waals surface area (Å²) in [6, 6.07) is 2.21. The van der Waals surface area contributed by atoms with Gasteiger partial charge >= 0.3 is 0 Å². The van der Waals surface area contributed by atoms with Crippen molar-refractivity contribution in [1.29, 1.82) is 0 Å². The molecule has 0 bridgehead atoms. The fraction of sp³-hybridized carbons (Fsp3) is 0.636. The van der Waals surface area contributed by atoms with Crippen LogP contribution in [0.2, 0.25) is 0 Å². The lowest BCUT2D eigenvalue weighted by molar-refractivity contribution is 0.0990. The molecule has 2 rings (SSSR count). The van der Waals surface area contributed by atoms with Gasteiger partial charge in [0.1, 0.15) is 5.69 Å². The highest BCUT2D eigenvalue weighted by Gasteiger charge is 2.30. The number of rotatable bonds is 2. The Morgan fingerprint density at radius 3 is 2.53 bits per heavy atom. The number of carbonyl (C=O) groups excluding carboxylic acids is 1. The molecule has 4 nitrogen and oxygen atoms in total. The van der Waals surface area contributed by atoms with Crippen molar-refractivity contribution in [2.45, 2.75) is 45.1 Å². The predicted octanol–water partition coefficient (Wildman–Crippen LogP) is 1.61. The zero-order chi connectivity index (χ0) is 11.2. The first-order valence-electron chi connectivity index (χ1n) is 5.29. The Kier molecular flexibility index (Phi) is 2.10. The second-order valence-electron chi connectivity index (χ2n) is 5.20. The van der Waals surface area contributed by atoms with E-state index in [0.717, 1.165) is 18.5 Å². The van der Waals surface area contributed by atoms with Crippen LogP contribution in [0.15, 0.2) is 6.07 Å². The summed E-state index contributed by atoms with van der Waals surface area (Å²) in [6.07, 6.45) is 2.21. The van der Waals surface area contributed by atoms with Crippen LogP contribution in [0.3, 0.4) is 0 Å². The van der Waals surface area contributed by atoms with Crippen LogP contribution < -0.4 is 5.73 Å². The van der Waals surface area contributed by atoms with Crippen LogP contribution in [-0.2, 0) is 5.41 Å². The summed E-state index contributed by atoms with van der Waals surface area (Å²) in [5, 5.41) is 4.48. The van der Waals surface area contributed by atoms with Crippen molar-refractivity contribution in [3.05, 3.63) is 17.5 Å². The summed E-state index contributed by atoms with van der Waals surface area (Å²) >= 11 is 0. The molecule has 0 saturated heterocycles. The average molecular weight is 207 g/mol. The van der Waals surface area contributed by atoms with Gasteiger partial charge in [0.25, 0.3) is 5.91 Å². The predicted molar refractivity (Wildman–Crippen MR) is 57.7 cm³/mol. The summed E-state index contributed by atoms with van der Waals surface area (Å²) < 4.78 is 1.79. The van der Waals surface area contributed by atoms with Gasteiger partial charge in [0.05, 0.1) is 11.7 Å². The fourth-order valence-corrected chi connectivity index (χ4v) is 1.54. The number of amides is 1. The molecule has 0 aliphatic heterocycles. The molecule has 82 valence electrons. The minimum Gasteiger partial charge on any atom is -0.364 e. The van der Waals surface area contributed by atoms with Gasteiger partial charge in [0.15, 0.2) is 0 Å². The van der Waals surface area contributed by atoms with E-state index >= 15 is 0 Å². The van der Waals surface area contributed by atoms with Crippen LogP contribution in [0.1, 0.15) is 55.8 Å². The zero-order valence-corrected chi connectivity index (χ0v) is 9.45. The van der Waals surface area contributed by atoms with Crippen molar-refractivity contribution in [2.24, 2.45) is 5.73 Å². The van der Waals surface area contributed by atoms with Gasteiger partial charge in [-0.1, -0.05) is 20.8 Å². The Bertz CT molecular complexity index is 396. The quantitative estimate of drug-likeness (QED) is 0.801. The van der Waals surface area contributed by atoms with E-state index in [1.807, 2.05) is 6.07 Å². The van der Waals surface area contributed by atoms with Gasteiger partial charge in [0.2, 0.25) is 0 Å². The number of nitrogens with two attached hydrogens (primary N) is 1. The molecular formula is C11H17N3O. The van der Waals surface area contributed by atoms with Gasteiger partial charge in [0, 0.05) is 5.41 Å². The second-order valence-corrected chi connectivity index (χ2v) is 5.20. The average Bonchev–Trinajstić information content (AvgIpc) is 2.81. The maximum Gasteiger partial charge on any atom is 0.266 e. The third-order valence-corrected chi connectivity index (χ3v) is 2.65. The molecule has 2 N–H and O–H groups in total. The first-order valence-corrected chi connectivity index (χ1v) is 5.29. The molecule has 0 radical (unpaired) electrons. The van der Waals surface area contributed by atoms with Crippen molar-refractivity contribution in [1.82, 2.24) is 9.78 Å². The monoisotopic (exact) mass is 207 g/mol. The largest absolute Gasteiger partial charge is 0.364 e. The van der Waals surface area contributed by atoms with E-state index < -0.39 is 0 Å². The molecule has 1 amide bonds. The van der Waals surface area contributed by atoms with E-state index in [1.165, 1.54) is 0 Å². The van der Waals surface area contributed by atoms with Gasteiger partial charge in [-0.15, -0.1) is 0 Å². The van der Waals surface area contributed by atoms with Crippen molar-refractivity contribution in [3.63, 3.8) is 0 Å². The van der Waals surface area contributed by atoms with E-state index in [-0.39, 0.29) is 11.3 Å². The molecule has 0 atom stereocenters. The van der Waals surface area contributed by atoms with E-state index in [9.17, 15) is 4.79 Å². The van der Waals surface area contributed by atoms with Crippen LogP contribution in [-0.4, -0.2) is 15.7 Å². The number of carbonyl (C=O) groups is 1. The fourth-order valence-electron chi connectivity index (χ4n) is 1.54. The lowest BCUT2D eigenvalue weighted by atomic mass is 9.92. The molecule has 1 aromatic heterocycles. The maximum atomic E-state index is 11.3. The van der Waals surface area contributed by atoms with Gasteiger partial charge in [-0.05, 0) is 18.9 Å². The van der Waals surface area contributed by atoms with Crippen LogP contribution in [0.4, 0.5) is 0 Å². The summed E-state index contributed by atoms with van der Waals surface area (Å²) in [5.41, 5.74) is 6.78. The molecule has 1 aliphatic carbocycles. The molecule has 0 unspecified atom stereocenters. The van der Waals surface area contributed by atoms with Crippen LogP contribution >= 0.6 is 0 Å². The topological polar surface area (TPSA) is 60.9 Å². The summed E-state index contributed by atoms with van der Waals surface area (Å²) in [4.78, 5) is 11.3. The lowest BCUT2D eigenvalue weighted by Gasteiger charge is -2.14. The standard InChI is InChI=1S/C11H17N3O/c1-11(2,3)9-6-8(10(12)15)14(13-9)7-4-5-7/h6-7H,4-5H2,1-3H3,(H2,12,15). The van der Waals surface area contributed by atoms with Crippen LogP contribution in [0.25, 0.3) is 0 Å². The van der Waals surface area contributed by atoms with Gasteiger partial charge in [-0.25, -0.2) is 0 Å². The Labute approximate surface area is 89.5 Å². The molecule has 15 heavy (non-hydrogen) atoms. The minimum atomic E-state index is -0.384. The van der Waals surface area contributed by atoms with E-state index in [2.05, 4.69) is 25.9 Å². The smallest absolute Gasteiger partial charge is 0.266 e. The van der Waals surface area contributed by atoms with Crippen molar-refractivity contribution in [3.8, 4) is 0 Å². The summed E-state index contributed by atoms with van der Waals surface area (Å²) in [6.45, 7) is 6.24. The molecule has 1 aromatic rings.